The highest BCUT2D eigenvalue weighted by Gasteiger charge is 2.29. The Labute approximate surface area is 153 Å². The lowest BCUT2D eigenvalue weighted by atomic mass is 10.2. The van der Waals surface area contributed by atoms with Crippen molar-refractivity contribution in [2.75, 3.05) is 6.54 Å². The third-order valence-corrected chi connectivity index (χ3v) is 4.00. The monoisotopic (exact) mass is 376 g/mol. The van der Waals surface area contributed by atoms with E-state index in [-0.39, 0.29) is 49.7 Å². The Morgan fingerprint density at radius 1 is 1.42 bits per heavy atom. The first-order valence-electron chi connectivity index (χ1n) is 7.67. The predicted octanol–water partition coefficient (Wildman–Crippen LogP) is 2.78. The molecule has 0 aliphatic carbocycles. The lowest BCUT2D eigenvalue weighted by molar-refractivity contribution is -0.123. The summed E-state index contributed by atoms with van der Waals surface area (Å²) < 4.78 is 15.3. The number of carbonyl (C=O) groups excluding carboxylic acids is 1. The van der Waals surface area contributed by atoms with Crippen LogP contribution in [0.15, 0.2) is 24.3 Å². The number of imidazole rings is 1. The van der Waals surface area contributed by atoms with Gasteiger partial charge in [-0.2, -0.15) is 0 Å². The van der Waals surface area contributed by atoms with E-state index in [4.69, 9.17) is 0 Å². The minimum atomic E-state index is -0.934. The molecule has 1 saturated heterocycles. The number of nitrogens with one attached hydrogen (secondary N) is 2. The van der Waals surface area contributed by atoms with Crippen molar-refractivity contribution >= 4 is 41.8 Å². The Hall–Kier alpha value is -1.37. The Balaban J connectivity index is 0.00000144. The molecule has 0 radical (unpaired) electrons. The van der Waals surface area contributed by atoms with Crippen LogP contribution in [0.3, 0.4) is 0 Å². The van der Waals surface area contributed by atoms with E-state index < -0.39 is 12.2 Å². The van der Waals surface area contributed by atoms with Gasteiger partial charge in [0, 0.05) is 19.0 Å². The van der Waals surface area contributed by atoms with E-state index in [1.54, 1.807) is 0 Å². The summed E-state index contributed by atoms with van der Waals surface area (Å²) in [5.41, 5.74) is 1.98. The molecule has 134 valence electrons. The van der Waals surface area contributed by atoms with E-state index in [2.05, 4.69) is 34.0 Å². The van der Waals surface area contributed by atoms with Gasteiger partial charge in [-0.1, -0.05) is 12.1 Å². The van der Waals surface area contributed by atoms with E-state index in [9.17, 15) is 9.18 Å². The molecule has 3 rings (SSSR count). The summed E-state index contributed by atoms with van der Waals surface area (Å²) in [5.74, 6) is 0.654. The quantitative estimate of drug-likeness (QED) is 0.862. The summed E-state index contributed by atoms with van der Waals surface area (Å²) in [6, 6.07) is 7.73. The average molecular weight is 377 g/mol. The van der Waals surface area contributed by atoms with Crippen LogP contribution in [0.5, 0.6) is 0 Å². The van der Waals surface area contributed by atoms with E-state index in [1.807, 2.05) is 24.3 Å². The number of alkyl halides is 1. The second-order valence-electron chi connectivity index (χ2n) is 5.99. The number of hydrogen-bond donors (Lipinski definition) is 2. The van der Waals surface area contributed by atoms with Gasteiger partial charge in [0.15, 0.2) is 0 Å². The molecule has 8 heteroatoms. The molecule has 0 unspecified atom stereocenters. The summed E-state index contributed by atoms with van der Waals surface area (Å²) in [6.07, 6.45) is -0.692. The van der Waals surface area contributed by atoms with Gasteiger partial charge in [0.2, 0.25) is 5.91 Å². The first-order chi connectivity index (χ1) is 10.6. The van der Waals surface area contributed by atoms with E-state index in [0.717, 1.165) is 16.9 Å². The van der Waals surface area contributed by atoms with Gasteiger partial charge in [0.1, 0.15) is 12.0 Å². The molecule has 2 N–H and O–H groups in total. The topological polar surface area (TPSA) is 59.0 Å². The second kappa shape index (κ2) is 8.65. The van der Waals surface area contributed by atoms with Gasteiger partial charge in [-0.15, -0.1) is 24.8 Å². The zero-order valence-corrected chi connectivity index (χ0v) is 15.3. The van der Waals surface area contributed by atoms with Gasteiger partial charge in [-0.25, -0.2) is 9.37 Å². The molecule has 0 saturated carbocycles. The van der Waals surface area contributed by atoms with Gasteiger partial charge in [-0.05, 0) is 26.0 Å². The molecule has 2 heterocycles. The minimum Gasteiger partial charge on any atom is -0.348 e. The number of benzene rings is 1. The molecule has 1 aliphatic heterocycles. The molecule has 24 heavy (non-hydrogen) atoms. The standard InChI is InChI=1S/C16H21FN4O.2ClH/c1-10(2)21-14-6-4-3-5-12(14)20-15(21)9-19-16(22)13-7-11(17)8-18-13;;/h3-6,10-11,13,18H,7-9H2,1-2H3,(H,19,22);2*1H/t11-,13+;;/m0../s1. The number of para-hydroxylation sites is 2. The molecule has 2 atom stereocenters. The number of carbonyl (C=O) groups is 1. The number of nitrogens with zero attached hydrogens (tertiary/aromatic N) is 2. The molecule has 5 nitrogen and oxygen atoms in total. The zero-order valence-electron chi connectivity index (χ0n) is 13.7. The van der Waals surface area contributed by atoms with Crippen LogP contribution in [-0.4, -0.2) is 34.2 Å². The summed E-state index contributed by atoms with van der Waals surface area (Å²) in [6.45, 7) is 4.78. The molecule has 1 fully saturated rings. The fourth-order valence-electron chi connectivity index (χ4n) is 2.98. The summed E-state index contributed by atoms with van der Waals surface area (Å²) in [7, 11) is 0. The molecule has 1 aromatic heterocycles. The number of fused-ring (bicyclic) bond motifs is 1. The van der Waals surface area contributed by atoms with E-state index in [0.29, 0.717) is 6.54 Å². The third-order valence-electron chi connectivity index (χ3n) is 4.00. The maximum atomic E-state index is 13.1. The van der Waals surface area contributed by atoms with E-state index >= 15 is 0 Å². The van der Waals surface area contributed by atoms with Crippen molar-refractivity contribution in [2.24, 2.45) is 0 Å². The number of rotatable bonds is 4. The lowest BCUT2D eigenvalue weighted by Gasteiger charge is -2.15. The van der Waals surface area contributed by atoms with Crippen molar-refractivity contribution < 1.29 is 9.18 Å². The first kappa shape index (κ1) is 20.7. The van der Waals surface area contributed by atoms with Crippen LogP contribution in [0.2, 0.25) is 0 Å². The third kappa shape index (κ3) is 4.18. The SMILES string of the molecule is CC(C)n1c(CNC(=O)[C@H]2C[C@H](F)CN2)nc2ccccc21.Cl.Cl. The summed E-state index contributed by atoms with van der Waals surface area (Å²) >= 11 is 0. The van der Waals surface area contributed by atoms with Crippen LogP contribution in [-0.2, 0) is 11.3 Å². The normalized spacial score (nSPS) is 19.8. The highest BCUT2D eigenvalue weighted by molar-refractivity contribution is 5.85. The van der Waals surface area contributed by atoms with Crippen molar-refractivity contribution in [3.8, 4) is 0 Å². The number of halogens is 3. The molecule has 1 amide bonds. The average Bonchev–Trinajstić information content (AvgIpc) is 3.07. The van der Waals surface area contributed by atoms with Gasteiger partial charge < -0.3 is 15.2 Å². The highest BCUT2D eigenvalue weighted by atomic mass is 35.5. The van der Waals surface area contributed by atoms with Gasteiger partial charge in [0.25, 0.3) is 0 Å². The number of hydrogen-bond acceptors (Lipinski definition) is 3. The van der Waals surface area contributed by atoms with Gasteiger partial charge in [-0.3, -0.25) is 4.79 Å². The van der Waals surface area contributed by atoms with Gasteiger partial charge in [0.05, 0.1) is 23.6 Å². The molecule has 1 aromatic carbocycles. The van der Waals surface area contributed by atoms with Gasteiger partial charge >= 0.3 is 0 Å². The minimum absolute atomic E-state index is 0. The maximum absolute atomic E-state index is 13.1. The summed E-state index contributed by atoms with van der Waals surface area (Å²) in [5, 5.41) is 5.76. The van der Waals surface area contributed by atoms with Crippen LogP contribution < -0.4 is 10.6 Å². The molecular weight excluding hydrogens is 354 g/mol. The van der Waals surface area contributed by atoms with Crippen molar-refractivity contribution in [1.29, 1.82) is 0 Å². The smallest absolute Gasteiger partial charge is 0.237 e. The fourth-order valence-corrected chi connectivity index (χ4v) is 2.98. The van der Waals surface area contributed by atoms with Crippen LogP contribution in [0.1, 0.15) is 32.1 Å². The molecule has 1 aliphatic rings. The van der Waals surface area contributed by atoms with Crippen LogP contribution in [0.25, 0.3) is 11.0 Å². The molecule has 0 bridgehead atoms. The second-order valence-corrected chi connectivity index (χ2v) is 5.99. The zero-order chi connectivity index (χ0) is 15.7. The Kier molecular flexibility index (Phi) is 7.45. The molecular formula is C16H23Cl2FN4O. The Morgan fingerprint density at radius 3 is 2.75 bits per heavy atom. The number of amides is 1. The fraction of sp³-hybridized carbons (Fsp3) is 0.500. The number of aromatic nitrogens is 2. The summed E-state index contributed by atoms with van der Waals surface area (Å²) in [4.78, 5) is 16.7. The predicted molar refractivity (Wildman–Crippen MR) is 97.8 cm³/mol. The Morgan fingerprint density at radius 2 is 2.12 bits per heavy atom. The van der Waals surface area contributed by atoms with Crippen molar-refractivity contribution in [2.45, 2.75) is 45.1 Å². The van der Waals surface area contributed by atoms with Crippen molar-refractivity contribution in [3.05, 3.63) is 30.1 Å². The van der Waals surface area contributed by atoms with Crippen LogP contribution >= 0.6 is 24.8 Å². The largest absolute Gasteiger partial charge is 0.348 e. The molecule has 0 spiro atoms. The molecule has 2 aromatic rings. The Bertz CT molecular complexity index is 692. The highest BCUT2D eigenvalue weighted by Crippen LogP contribution is 2.21. The van der Waals surface area contributed by atoms with Crippen LogP contribution in [0.4, 0.5) is 4.39 Å². The maximum Gasteiger partial charge on any atom is 0.237 e. The van der Waals surface area contributed by atoms with E-state index in [1.165, 1.54) is 0 Å². The first-order valence-corrected chi connectivity index (χ1v) is 7.67. The van der Waals surface area contributed by atoms with Crippen LogP contribution in [0, 0.1) is 0 Å². The van der Waals surface area contributed by atoms with Crippen molar-refractivity contribution in [3.63, 3.8) is 0 Å². The lowest BCUT2D eigenvalue weighted by Crippen LogP contribution is -2.40. The van der Waals surface area contributed by atoms with Crippen molar-refractivity contribution in [1.82, 2.24) is 20.2 Å².